The maximum absolute atomic E-state index is 2.50. The monoisotopic (exact) mass is 492 g/mol. The Bertz CT molecular complexity index is 677. The molecule has 3 saturated carbocycles. The number of hydrogen-bond acceptors (Lipinski definition) is 0. The van der Waals surface area contributed by atoms with Gasteiger partial charge in [0.2, 0.25) is 0 Å². The lowest BCUT2D eigenvalue weighted by Gasteiger charge is -2.38. The molecule has 0 amide bonds. The second-order valence-corrected chi connectivity index (χ2v) is 13.6. The number of unbranched alkanes of at least 4 members (excludes halogenated alkanes) is 4. The Morgan fingerprint density at radius 3 is 1.56 bits per heavy atom. The van der Waals surface area contributed by atoms with Gasteiger partial charge in [0.15, 0.2) is 0 Å². The van der Waals surface area contributed by atoms with Crippen molar-refractivity contribution in [3.8, 4) is 0 Å². The summed E-state index contributed by atoms with van der Waals surface area (Å²) in [6.07, 6.45) is 32.4. The Hall–Kier alpha value is -0.780. The number of benzene rings is 1. The fourth-order valence-corrected chi connectivity index (χ4v) is 8.36. The molecule has 3 fully saturated rings. The van der Waals surface area contributed by atoms with E-state index in [-0.39, 0.29) is 0 Å². The maximum Gasteiger partial charge on any atom is -0.0162 e. The second-order valence-electron chi connectivity index (χ2n) is 13.6. The Kier molecular flexibility index (Phi) is 12.2. The van der Waals surface area contributed by atoms with Crippen LogP contribution in [0.25, 0.3) is 0 Å². The summed E-state index contributed by atoms with van der Waals surface area (Å²) in [4.78, 5) is 0. The largest absolute Gasteiger partial charge is 0.0654 e. The minimum atomic E-state index is 0.836. The van der Waals surface area contributed by atoms with Gasteiger partial charge in [-0.1, -0.05) is 115 Å². The van der Waals surface area contributed by atoms with E-state index in [4.69, 9.17) is 0 Å². The average Bonchev–Trinajstić information content (AvgIpc) is 2.94. The molecule has 0 radical (unpaired) electrons. The zero-order valence-corrected chi connectivity index (χ0v) is 24.3. The zero-order chi connectivity index (χ0) is 25.0. The van der Waals surface area contributed by atoms with Crippen LogP contribution in [0.5, 0.6) is 0 Å². The van der Waals surface area contributed by atoms with Crippen molar-refractivity contribution in [1.29, 1.82) is 0 Å². The van der Waals surface area contributed by atoms with Crippen molar-refractivity contribution in [1.82, 2.24) is 0 Å². The molecule has 1 aromatic rings. The third-order valence-electron chi connectivity index (χ3n) is 11.0. The first-order chi connectivity index (χ1) is 17.7. The van der Waals surface area contributed by atoms with Gasteiger partial charge in [-0.3, -0.25) is 0 Å². The van der Waals surface area contributed by atoms with Crippen molar-refractivity contribution in [3.63, 3.8) is 0 Å². The summed E-state index contributed by atoms with van der Waals surface area (Å²) in [5.74, 6) is 6.07. The lowest BCUT2D eigenvalue weighted by molar-refractivity contribution is 0.140. The zero-order valence-electron chi connectivity index (χ0n) is 24.3. The van der Waals surface area contributed by atoms with E-state index < -0.39 is 0 Å². The molecule has 0 aromatic heterocycles. The molecular formula is C36H60. The van der Waals surface area contributed by atoms with Crippen LogP contribution in [0.1, 0.15) is 166 Å². The van der Waals surface area contributed by atoms with Gasteiger partial charge < -0.3 is 0 Å². The van der Waals surface area contributed by atoms with E-state index in [0.29, 0.717) is 0 Å². The highest BCUT2D eigenvalue weighted by Gasteiger charge is 2.30. The Labute approximate surface area is 225 Å². The molecule has 0 heteroatoms. The molecule has 0 aliphatic heterocycles. The van der Waals surface area contributed by atoms with E-state index in [1.54, 1.807) is 36.8 Å². The summed E-state index contributed by atoms with van der Waals surface area (Å²) < 4.78 is 0. The van der Waals surface area contributed by atoms with Crippen LogP contribution in [0, 0.1) is 29.6 Å². The molecule has 204 valence electrons. The van der Waals surface area contributed by atoms with Crippen molar-refractivity contribution in [2.75, 3.05) is 0 Å². The lowest BCUT2D eigenvalue weighted by atomic mass is 9.68. The van der Waals surface area contributed by atoms with E-state index in [1.807, 2.05) is 0 Å². The van der Waals surface area contributed by atoms with Gasteiger partial charge in [0.1, 0.15) is 0 Å². The molecule has 0 saturated heterocycles. The highest BCUT2D eigenvalue weighted by molar-refractivity contribution is 5.26. The third kappa shape index (κ3) is 8.91. The summed E-state index contributed by atoms with van der Waals surface area (Å²) in [7, 11) is 0. The smallest absolute Gasteiger partial charge is 0.0162 e. The molecule has 3 aliphatic rings. The van der Waals surface area contributed by atoms with Gasteiger partial charge in [-0.05, 0) is 111 Å². The van der Waals surface area contributed by atoms with Gasteiger partial charge in [-0.2, -0.15) is 0 Å². The molecule has 4 rings (SSSR count). The quantitative estimate of drug-likeness (QED) is 0.240. The van der Waals surface area contributed by atoms with Crippen LogP contribution in [-0.4, -0.2) is 0 Å². The molecule has 0 unspecified atom stereocenters. The molecule has 0 heterocycles. The SMILES string of the molecule is CCCCCCC1CCC(c2ccc(CCC3CCC(C4CCC(CCCC)CC4)CC3)cc2)CC1. The molecule has 0 atom stereocenters. The molecule has 0 bridgehead atoms. The minimum absolute atomic E-state index is 0.836. The van der Waals surface area contributed by atoms with Gasteiger partial charge in [-0.25, -0.2) is 0 Å². The lowest BCUT2D eigenvalue weighted by Crippen LogP contribution is -2.26. The average molecular weight is 493 g/mol. The van der Waals surface area contributed by atoms with Crippen LogP contribution >= 0.6 is 0 Å². The van der Waals surface area contributed by atoms with Crippen molar-refractivity contribution >= 4 is 0 Å². The third-order valence-corrected chi connectivity index (χ3v) is 11.0. The number of rotatable bonds is 13. The standard InChI is InChI=1S/C36H60/c1-3-5-7-8-10-30-15-23-34(24-16-30)36-27-19-32(20-28-36)12-11-31-17-25-35(26-18-31)33-21-13-29(14-22-33)9-6-4-2/h19-20,27-31,33-35H,3-18,21-26H2,1-2H3. The molecule has 3 aliphatic carbocycles. The van der Waals surface area contributed by atoms with Crippen LogP contribution in [-0.2, 0) is 6.42 Å². The van der Waals surface area contributed by atoms with Crippen molar-refractivity contribution < 1.29 is 0 Å². The van der Waals surface area contributed by atoms with E-state index in [2.05, 4.69) is 38.1 Å². The summed E-state index contributed by atoms with van der Waals surface area (Å²) in [5.41, 5.74) is 3.23. The fourth-order valence-electron chi connectivity index (χ4n) is 8.36. The van der Waals surface area contributed by atoms with Gasteiger partial charge in [0, 0.05) is 0 Å². The second kappa shape index (κ2) is 15.6. The number of aryl methyl sites for hydroxylation is 1. The van der Waals surface area contributed by atoms with Gasteiger partial charge >= 0.3 is 0 Å². The summed E-state index contributed by atoms with van der Waals surface area (Å²) in [6.45, 7) is 4.67. The van der Waals surface area contributed by atoms with Crippen LogP contribution < -0.4 is 0 Å². The molecule has 1 aromatic carbocycles. The van der Waals surface area contributed by atoms with Crippen LogP contribution in [0.15, 0.2) is 24.3 Å². The van der Waals surface area contributed by atoms with Crippen LogP contribution in [0.3, 0.4) is 0 Å². The van der Waals surface area contributed by atoms with Gasteiger partial charge in [0.25, 0.3) is 0 Å². The fraction of sp³-hybridized carbons (Fsp3) is 0.833. The maximum atomic E-state index is 2.50. The van der Waals surface area contributed by atoms with Crippen LogP contribution in [0.2, 0.25) is 0 Å². The Morgan fingerprint density at radius 2 is 1.00 bits per heavy atom. The normalized spacial score (nSPS) is 31.4. The first-order valence-corrected chi connectivity index (χ1v) is 16.8. The van der Waals surface area contributed by atoms with Crippen molar-refractivity contribution in [2.45, 2.75) is 161 Å². The highest BCUT2D eigenvalue weighted by Crippen LogP contribution is 2.43. The summed E-state index contributed by atoms with van der Waals surface area (Å²) in [6, 6.07) is 9.95. The minimum Gasteiger partial charge on any atom is -0.0654 e. The Balaban J connectivity index is 1.10. The first kappa shape index (κ1) is 28.2. The molecular weight excluding hydrogens is 432 g/mol. The predicted molar refractivity (Wildman–Crippen MR) is 159 cm³/mol. The number of hydrogen-bond donors (Lipinski definition) is 0. The molecule has 0 nitrogen and oxygen atoms in total. The van der Waals surface area contributed by atoms with E-state index >= 15 is 0 Å². The first-order valence-electron chi connectivity index (χ1n) is 16.8. The van der Waals surface area contributed by atoms with Crippen molar-refractivity contribution in [3.05, 3.63) is 35.4 Å². The van der Waals surface area contributed by atoms with Crippen molar-refractivity contribution in [2.24, 2.45) is 29.6 Å². The van der Waals surface area contributed by atoms with Gasteiger partial charge in [0.05, 0.1) is 0 Å². The Morgan fingerprint density at radius 1 is 0.500 bits per heavy atom. The summed E-state index contributed by atoms with van der Waals surface area (Å²) in [5, 5.41) is 0. The van der Waals surface area contributed by atoms with E-state index in [1.165, 1.54) is 116 Å². The van der Waals surface area contributed by atoms with E-state index in [0.717, 1.165) is 35.5 Å². The van der Waals surface area contributed by atoms with E-state index in [9.17, 15) is 0 Å². The van der Waals surface area contributed by atoms with Gasteiger partial charge in [-0.15, -0.1) is 0 Å². The molecule has 0 N–H and O–H groups in total. The predicted octanol–water partition coefficient (Wildman–Crippen LogP) is 11.7. The highest BCUT2D eigenvalue weighted by atomic mass is 14.4. The van der Waals surface area contributed by atoms with Crippen LogP contribution in [0.4, 0.5) is 0 Å². The molecule has 0 spiro atoms. The molecule has 36 heavy (non-hydrogen) atoms. The summed E-state index contributed by atoms with van der Waals surface area (Å²) >= 11 is 0. The topological polar surface area (TPSA) is 0 Å².